The SMILES string of the molecule is CCc1nc(CN)c2n1C(C)CCC2. The summed E-state index contributed by atoms with van der Waals surface area (Å²) in [6.07, 6.45) is 4.73. The van der Waals surface area contributed by atoms with Gasteiger partial charge in [0.2, 0.25) is 0 Å². The third-order valence-corrected chi connectivity index (χ3v) is 3.15. The van der Waals surface area contributed by atoms with Crippen LogP contribution >= 0.6 is 0 Å². The van der Waals surface area contributed by atoms with Gasteiger partial charge in [-0.25, -0.2) is 4.98 Å². The lowest BCUT2D eigenvalue weighted by molar-refractivity contribution is 0.418. The average molecular weight is 193 g/mol. The fourth-order valence-electron chi connectivity index (χ4n) is 2.46. The van der Waals surface area contributed by atoms with E-state index in [-0.39, 0.29) is 0 Å². The number of hydrogen-bond acceptors (Lipinski definition) is 2. The van der Waals surface area contributed by atoms with Crippen LogP contribution in [0.2, 0.25) is 0 Å². The molecule has 0 aliphatic carbocycles. The number of nitrogens with two attached hydrogens (primary N) is 1. The third kappa shape index (κ3) is 1.36. The van der Waals surface area contributed by atoms with Crippen LogP contribution < -0.4 is 5.73 Å². The molecule has 1 atom stereocenters. The maximum Gasteiger partial charge on any atom is 0.109 e. The molecular formula is C11H19N3. The molecule has 0 spiro atoms. The molecule has 0 saturated carbocycles. The van der Waals surface area contributed by atoms with E-state index in [1.54, 1.807) is 0 Å². The Morgan fingerprint density at radius 2 is 2.36 bits per heavy atom. The van der Waals surface area contributed by atoms with Gasteiger partial charge in [0.1, 0.15) is 5.82 Å². The summed E-state index contributed by atoms with van der Waals surface area (Å²) < 4.78 is 2.41. The molecule has 1 aliphatic heterocycles. The zero-order valence-corrected chi connectivity index (χ0v) is 9.08. The van der Waals surface area contributed by atoms with Crippen molar-refractivity contribution in [1.82, 2.24) is 9.55 Å². The van der Waals surface area contributed by atoms with Crippen LogP contribution in [0.25, 0.3) is 0 Å². The van der Waals surface area contributed by atoms with Crippen molar-refractivity contribution < 1.29 is 0 Å². The van der Waals surface area contributed by atoms with Gasteiger partial charge in [-0.15, -0.1) is 0 Å². The first kappa shape index (κ1) is 9.71. The smallest absolute Gasteiger partial charge is 0.109 e. The van der Waals surface area contributed by atoms with Crippen molar-refractivity contribution in [2.75, 3.05) is 0 Å². The van der Waals surface area contributed by atoms with Gasteiger partial charge in [0.05, 0.1) is 5.69 Å². The number of imidazole rings is 1. The molecule has 14 heavy (non-hydrogen) atoms. The molecule has 0 saturated heterocycles. The van der Waals surface area contributed by atoms with Gasteiger partial charge in [0.15, 0.2) is 0 Å². The zero-order chi connectivity index (χ0) is 10.1. The van der Waals surface area contributed by atoms with Crippen molar-refractivity contribution in [1.29, 1.82) is 0 Å². The largest absolute Gasteiger partial charge is 0.329 e. The van der Waals surface area contributed by atoms with Gasteiger partial charge in [-0.1, -0.05) is 6.92 Å². The van der Waals surface area contributed by atoms with E-state index in [0.29, 0.717) is 12.6 Å². The van der Waals surface area contributed by atoms with E-state index in [9.17, 15) is 0 Å². The summed E-state index contributed by atoms with van der Waals surface area (Å²) in [7, 11) is 0. The van der Waals surface area contributed by atoms with Gasteiger partial charge in [-0.2, -0.15) is 0 Å². The van der Waals surface area contributed by atoms with E-state index in [0.717, 1.165) is 18.5 Å². The standard InChI is InChI=1S/C11H19N3/c1-3-11-13-9(7-12)10-6-4-5-8(2)14(10)11/h8H,3-7,12H2,1-2H3. The lowest BCUT2D eigenvalue weighted by Gasteiger charge is -2.24. The fraction of sp³-hybridized carbons (Fsp3) is 0.727. The molecule has 0 radical (unpaired) electrons. The minimum atomic E-state index is 0.585. The highest BCUT2D eigenvalue weighted by Crippen LogP contribution is 2.28. The Balaban J connectivity index is 2.50. The highest BCUT2D eigenvalue weighted by atomic mass is 15.1. The monoisotopic (exact) mass is 193 g/mol. The molecule has 2 rings (SSSR count). The molecule has 3 heteroatoms. The Kier molecular flexibility index (Phi) is 2.59. The van der Waals surface area contributed by atoms with Gasteiger partial charge in [-0.05, 0) is 26.2 Å². The van der Waals surface area contributed by atoms with E-state index in [4.69, 9.17) is 5.73 Å². The van der Waals surface area contributed by atoms with E-state index >= 15 is 0 Å². The Bertz CT molecular complexity index is 328. The van der Waals surface area contributed by atoms with Gasteiger partial charge in [-0.3, -0.25) is 0 Å². The Hall–Kier alpha value is -0.830. The summed E-state index contributed by atoms with van der Waals surface area (Å²) in [5.74, 6) is 1.22. The minimum absolute atomic E-state index is 0.585. The van der Waals surface area contributed by atoms with Gasteiger partial charge >= 0.3 is 0 Å². The molecule has 3 nitrogen and oxygen atoms in total. The molecule has 1 aromatic rings. The second kappa shape index (κ2) is 3.73. The molecule has 2 N–H and O–H groups in total. The van der Waals surface area contributed by atoms with Gasteiger partial charge in [0.25, 0.3) is 0 Å². The topological polar surface area (TPSA) is 43.8 Å². The molecule has 0 aromatic carbocycles. The summed E-state index contributed by atoms with van der Waals surface area (Å²) in [5, 5.41) is 0. The van der Waals surface area contributed by atoms with E-state index in [2.05, 4.69) is 23.4 Å². The number of hydrogen-bond donors (Lipinski definition) is 1. The number of fused-ring (bicyclic) bond motifs is 1. The second-order valence-corrected chi connectivity index (χ2v) is 4.09. The molecule has 0 fully saturated rings. The molecule has 78 valence electrons. The molecule has 0 amide bonds. The highest BCUT2D eigenvalue weighted by molar-refractivity contribution is 5.20. The molecular weight excluding hydrogens is 174 g/mol. The predicted octanol–water partition coefficient (Wildman–Crippen LogP) is 1.80. The first-order chi connectivity index (χ1) is 6.77. The summed E-state index contributed by atoms with van der Waals surface area (Å²) in [6.45, 7) is 5.03. The normalized spacial score (nSPS) is 20.9. The quantitative estimate of drug-likeness (QED) is 0.778. The maximum absolute atomic E-state index is 5.71. The zero-order valence-electron chi connectivity index (χ0n) is 9.08. The maximum atomic E-state index is 5.71. The van der Waals surface area contributed by atoms with Crippen LogP contribution in [0.3, 0.4) is 0 Å². The van der Waals surface area contributed by atoms with Crippen LogP contribution in [0.5, 0.6) is 0 Å². The van der Waals surface area contributed by atoms with Crippen molar-refractivity contribution in [3.05, 3.63) is 17.2 Å². The Morgan fingerprint density at radius 1 is 1.57 bits per heavy atom. The van der Waals surface area contributed by atoms with Crippen LogP contribution in [-0.2, 0) is 19.4 Å². The second-order valence-electron chi connectivity index (χ2n) is 4.09. The first-order valence-electron chi connectivity index (χ1n) is 5.56. The van der Waals surface area contributed by atoms with Crippen LogP contribution in [-0.4, -0.2) is 9.55 Å². The van der Waals surface area contributed by atoms with Crippen molar-refractivity contribution in [2.24, 2.45) is 5.73 Å². The average Bonchev–Trinajstić information content (AvgIpc) is 2.57. The molecule has 0 bridgehead atoms. The minimum Gasteiger partial charge on any atom is -0.329 e. The summed E-state index contributed by atoms with van der Waals surface area (Å²) in [4.78, 5) is 4.62. The number of nitrogens with zero attached hydrogens (tertiary/aromatic N) is 2. The number of rotatable bonds is 2. The predicted molar refractivity (Wildman–Crippen MR) is 57.1 cm³/mol. The van der Waals surface area contributed by atoms with Gasteiger partial charge in [0, 0.05) is 24.7 Å². The van der Waals surface area contributed by atoms with Crippen LogP contribution in [0.4, 0.5) is 0 Å². The molecule has 2 heterocycles. The molecule has 1 aliphatic rings. The van der Waals surface area contributed by atoms with Crippen molar-refractivity contribution in [2.45, 2.75) is 52.1 Å². The Morgan fingerprint density at radius 3 is 3.00 bits per heavy atom. The van der Waals surface area contributed by atoms with Crippen LogP contribution in [0.1, 0.15) is 49.9 Å². The number of aromatic nitrogens is 2. The lowest BCUT2D eigenvalue weighted by atomic mass is 10.0. The lowest BCUT2D eigenvalue weighted by Crippen LogP contribution is -2.18. The summed E-state index contributed by atoms with van der Waals surface area (Å²) >= 11 is 0. The summed E-state index contributed by atoms with van der Waals surface area (Å²) in [5.41, 5.74) is 8.22. The fourth-order valence-corrected chi connectivity index (χ4v) is 2.46. The van der Waals surface area contributed by atoms with Crippen LogP contribution in [0, 0.1) is 0 Å². The Labute approximate surface area is 85.3 Å². The van der Waals surface area contributed by atoms with Crippen molar-refractivity contribution in [3.63, 3.8) is 0 Å². The first-order valence-corrected chi connectivity index (χ1v) is 5.56. The summed E-state index contributed by atoms with van der Waals surface area (Å²) in [6, 6.07) is 0.612. The molecule has 1 aromatic heterocycles. The van der Waals surface area contributed by atoms with Crippen molar-refractivity contribution >= 4 is 0 Å². The van der Waals surface area contributed by atoms with E-state index in [1.807, 2.05) is 0 Å². The van der Waals surface area contributed by atoms with E-state index in [1.165, 1.54) is 24.4 Å². The van der Waals surface area contributed by atoms with Crippen LogP contribution in [0.15, 0.2) is 0 Å². The third-order valence-electron chi connectivity index (χ3n) is 3.15. The molecule has 1 unspecified atom stereocenters. The highest BCUT2D eigenvalue weighted by Gasteiger charge is 2.22. The van der Waals surface area contributed by atoms with Crippen molar-refractivity contribution in [3.8, 4) is 0 Å². The van der Waals surface area contributed by atoms with E-state index < -0.39 is 0 Å². The number of aryl methyl sites for hydroxylation is 1. The van der Waals surface area contributed by atoms with Gasteiger partial charge < -0.3 is 10.3 Å².